The number of Topliss-reactive ketones (excluding diaryl/α,β-unsaturated/α-hetero) is 1. The molecule has 1 amide bonds. The van der Waals surface area contributed by atoms with Gasteiger partial charge in [0.05, 0.1) is 25.3 Å². The summed E-state index contributed by atoms with van der Waals surface area (Å²) < 4.78 is 31.7. The molecule has 0 saturated carbocycles. The third-order valence-electron chi connectivity index (χ3n) is 7.11. The van der Waals surface area contributed by atoms with Gasteiger partial charge in [0.15, 0.2) is 15.8 Å². The van der Waals surface area contributed by atoms with Gasteiger partial charge in [-0.2, -0.15) is 0 Å². The molecular formula is C34H32FN3O6S2. The van der Waals surface area contributed by atoms with Crippen molar-refractivity contribution in [3.05, 3.63) is 107 Å². The molecular weight excluding hydrogens is 630 g/mol. The van der Waals surface area contributed by atoms with Crippen molar-refractivity contribution in [3.8, 4) is 17.2 Å². The SMILES string of the molecule is C=CCOc1ccc(C2/C(=C(/O)c3ccc(OCCCC)cc3)C(=O)C(=O)N2c2nnc(SCc3ccccc3F)s2)cc1OC. The number of thioether (sulfide) groups is 1. The fraction of sp³-hybridized carbons (Fsp3) is 0.235. The van der Waals surface area contributed by atoms with Crippen LogP contribution in [0.5, 0.6) is 17.2 Å². The number of aliphatic hydroxyl groups excluding tert-OH is 1. The Morgan fingerprint density at radius 2 is 1.87 bits per heavy atom. The molecule has 0 radical (unpaired) electrons. The Hall–Kier alpha value is -4.68. The number of hydrogen-bond donors (Lipinski definition) is 1. The van der Waals surface area contributed by atoms with Gasteiger partial charge in [0.2, 0.25) is 5.13 Å². The number of amides is 1. The minimum absolute atomic E-state index is 0.123. The fourth-order valence-corrected chi connectivity index (χ4v) is 6.63. The Morgan fingerprint density at radius 3 is 2.59 bits per heavy atom. The van der Waals surface area contributed by atoms with E-state index in [-0.39, 0.29) is 28.9 Å². The summed E-state index contributed by atoms with van der Waals surface area (Å²) in [6.07, 6.45) is 3.49. The molecule has 1 N–H and O–H groups in total. The largest absolute Gasteiger partial charge is 0.507 e. The molecule has 1 aliphatic heterocycles. The van der Waals surface area contributed by atoms with Crippen LogP contribution in [0.1, 0.15) is 42.5 Å². The van der Waals surface area contributed by atoms with Crippen LogP contribution in [-0.2, 0) is 15.3 Å². The van der Waals surface area contributed by atoms with E-state index in [0.29, 0.717) is 50.6 Å². The maximum Gasteiger partial charge on any atom is 0.301 e. The lowest BCUT2D eigenvalue weighted by Crippen LogP contribution is -2.29. The molecule has 5 rings (SSSR count). The van der Waals surface area contributed by atoms with E-state index in [4.69, 9.17) is 14.2 Å². The topological polar surface area (TPSA) is 111 Å². The first-order valence-corrected chi connectivity index (χ1v) is 16.3. The predicted octanol–water partition coefficient (Wildman–Crippen LogP) is 7.35. The third-order valence-corrected chi connectivity index (χ3v) is 9.21. The zero-order valence-corrected chi connectivity index (χ0v) is 26.9. The highest BCUT2D eigenvalue weighted by Crippen LogP contribution is 2.45. The van der Waals surface area contributed by atoms with Gasteiger partial charge in [0.25, 0.3) is 5.78 Å². The summed E-state index contributed by atoms with van der Waals surface area (Å²) in [7, 11) is 1.48. The normalized spacial score (nSPS) is 15.6. The van der Waals surface area contributed by atoms with Crippen LogP contribution >= 0.6 is 23.1 Å². The molecule has 46 heavy (non-hydrogen) atoms. The van der Waals surface area contributed by atoms with Gasteiger partial charge in [-0.25, -0.2) is 4.39 Å². The van der Waals surface area contributed by atoms with Crippen LogP contribution in [0.25, 0.3) is 5.76 Å². The van der Waals surface area contributed by atoms with Crippen molar-refractivity contribution in [3.63, 3.8) is 0 Å². The number of benzene rings is 3. The Kier molecular flexibility index (Phi) is 10.7. The first-order valence-electron chi connectivity index (χ1n) is 14.5. The molecule has 2 heterocycles. The second-order valence-electron chi connectivity index (χ2n) is 10.1. The average molecular weight is 662 g/mol. The van der Waals surface area contributed by atoms with E-state index in [1.165, 1.54) is 29.8 Å². The summed E-state index contributed by atoms with van der Waals surface area (Å²) in [6.45, 7) is 6.54. The zero-order valence-electron chi connectivity index (χ0n) is 25.3. The first kappa shape index (κ1) is 32.7. The second-order valence-corrected chi connectivity index (χ2v) is 12.3. The molecule has 4 aromatic rings. The van der Waals surface area contributed by atoms with Crippen molar-refractivity contribution < 1.29 is 33.3 Å². The number of carbonyl (C=O) groups excluding carboxylic acids is 2. The number of ether oxygens (including phenoxy) is 3. The lowest BCUT2D eigenvalue weighted by Gasteiger charge is -2.23. The average Bonchev–Trinajstić information content (AvgIpc) is 3.65. The monoisotopic (exact) mass is 661 g/mol. The molecule has 1 aromatic heterocycles. The van der Waals surface area contributed by atoms with E-state index in [1.807, 2.05) is 0 Å². The summed E-state index contributed by atoms with van der Waals surface area (Å²) in [6, 6.07) is 17.0. The number of unbranched alkanes of at least 4 members (excludes halogenated alkanes) is 1. The van der Waals surface area contributed by atoms with Gasteiger partial charge in [0, 0.05) is 11.3 Å². The molecule has 0 bridgehead atoms. The van der Waals surface area contributed by atoms with Gasteiger partial charge >= 0.3 is 5.91 Å². The maximum atomic E-state index is 14.2. The number of aliphatic hydroxyl groups is 1. The third kappa shape index (κ3) is 7.08. The van der Waals surface area contributed by atoms with Gasteiger partial charge in [-0.1, -0.05) is 73.4 Å². The van der Waals surface area contributed by atoms with Crippen molar-refractivity contribution in [2.45, 2.75) is 35.9 Å². The first-order chi connectivity index (χ1) is 22.4. The Labute approximate surface area is 274 Å². The number of carbonyl (C=O) groups is 2. The summed E-state index contributed by atoms with van der Waals surface area (Å²) in [4.78, 5) is 28.5. The maximum absolute atomic E-state index is 14.2. The number of nitrogens with zero attached hydrogens (tertiary/aromatic N) is 3. The van der Waals surface area contributed by atoms with Gasteiger partial charge < -0.3 is 19.3 Å². The summed E-state index contributed by atoms with van der Waals surface area (Å²) in [5.41, 5.74) is 1.18. The highest BCUT2D eigenvalue weighted by molar-refractivity contribution is 8.00. The fourth-order valence-electron chi connectivity index (χ4n) is 4.78. The number of rotatable bonds is 14. The number of ketones is 1. The summed E-state index contributed by atoms with van der Waals surface area (Å²) >= 11 is 2.35. The lowest BCUT2D eigenvalue weighted by molar-refractivity contribution is -0.132. The molecule has 1 fully saturated rings. The Balaban J connectivity index is 1.54. The number of methoxy groups -OCH3 is 1. The number of aromatic nitrogens is 2. The summed E-state index contributed by atoms with van der Waals surface area (Å²) in [5, 5.41) is 20.1. The standard InChI is InChI=1S/C34H32FN3O6S2/c1-4-6-18-43-24-14-11-21(12-15-24)30(39)28-29(22-13-16-26(44-17-5-2)27(19-22)42-3)38(32(41)31(28)40)33-36-37-34(46-33)45-20-23-9-7-8-10-25(23)35/h5,7-16,19,29,39H,2,4,6,17-18,20H2,1,3H3/b30-28-. The number of halogens is 1. The van der Waals surface area contributed by atoms with Crippen molar-refractivity contribution >= 4 is 45.7 Å². The Bertz CT molecular complexity index is 1760. The smallest absolute Gasteiger partial charge is 0.301 e. The van der Waals surface area contributed by atoms with Crippen LogP contribution in [-0.4, -0.2) is 47.3 Å². The molecule has 1 atom stereocenters. The van der Waals surface area contributed by atoms with E-state index in [0.717, 1.165) is 24.2 Å². The van der Waals surface area contributed by atoms with Crippen LogP contribution in [0.4, 0.5) is 9.52 Å². The minimum atomic E-state index is -1.07. The molecule has 1 unspecified atom stereocenters. The summed E-state index contributed by atoms with van der Waals surface area (Å²) in [5.74, 6) is -0.731. The highest BCUT2D eigenvalue weighted by atomic mass is 32.2. The molecule has 1 aliphatic rings. The van der Waals surface area contributed by atoms with Gasteiger partial charge in [-0.15, -0.1) is 10.2 Å². The van der Waals surface area contributed by atoms with Crippen molar-refractivity contribution in [1.29, 1.82) is 0 Å². The van der Waals surface area contributed by atoms with Gasteiger partial charge in [-0.3, -0.25) is 14.5 Å². The molecule has 12 heteroatoms. The predicted molar refractivity (Wildman–Crippen MR) is 176 cm³/mol. The van der Waals surface area contributed by atoms with E-state index in [9.17, 15) is 19.1 Å². The van der Waals surface area contributed by atoms with E-state index in [2.05, 4.69) is 23.7 Å². The molecule has 3 aromatic carbocycles. The Morgan fingerprint density at radius 1 is 1.09 bits per heavy atom. The molecule has 238 valence electrons. The quantitative estimate of drug-likeness (QED) is 0.0282. The van der Waals surface area contributed by atoms with Crippen molar-refractivity contribution in [2.75, 3.05) is 25.2 Å². The minimum Gasteiger partial charge on any atom is -0.507 e. The zero-order chi connectivity index (χ0) is 32.6. The van der Waals surface area contributed by atoms with E-state index >= 15 is 0 Å². The van der Waals surface area contributed by atoms with E-state index in [1.54, 1.807) is 66.7 Å². The molecule has 0 spiro atoms. The lowest BCUT2D eigenvalue weighted by atomic mass is 9.95. The van der Waals surface area contributed by atoms with E-state index < -0.39 is 17.7 Å². The molecule has 1 saturated heterocycles. The highest BCUT2D eigenvalue weighted by Gasteiger charge is 2.48. The van der Waals surface area contributed by atoms with Gasteiger partial charge in [-0.05, 0) is 60.0 Å². The van der Waals surface area contributed by atoms with Crippen LogP contribution in [0.15, 0.2) is 89.3 Å². The van der Waals surface area contributed by atoms with Crippen LogP contribution in [0.2, 0.25) is 0 Å². The molecule has 9 nitrogen and oxygen atoms in total. The van der Waals surface area contributed by atoms with Crippen molar-refractivity contribution in [2.24, 2.45) is 0 Å². The van der Waals surface area contributed by atoms with Crippen LogP contribution in [0, 0.1) is 5.82 Å². The molecule has 0 aliphatic carbocycles. The van der Waals surface area contributed by atoms with Crippen LogP contribution in [0.3, 0.4) is 0 Å². The number of hydrogen-bond acceptors (Lipinski definition) is 10. The van der Waals surface area contributed by atoms with Crippen LogP contribution < -0.4 is 19.1 Å². The van der Waals surface area contributed by atoms with Gasteiger partial charge in [0.1, 0.15) is 23.9 Å². The second kappa shape index (κ2) is 15.1. The number of anilines is 1. The van der Waals surface area contributed by atoms with Crippen molar-refractivity contribution in [1.82, 2.24) is 10.2 Å².